The van der Waals surface area contributed by atoms with Gasteiger partial charge in [-0.1, -0.05) is 30.3 Å². The number of benzene rings is 2. The number of rotatable bonds is 6. The third-order valence-electron chi connectivity index (χ3n) is 3.70. The molecule has 6 nitrogen and oxygen atoms in total. The lowest BCUT2D eigenvalue weighted by Crippen LogP contribution is -2.15. The second-order valence-electron chi connectivity index (χ2n) is 5.58. The average Bonchev–Trinajstić information content (AvgIpc) is 3.23. The molecule has 27 heavy (non-hydrogen) atoms. The summed E-state index contributed by atoms with van der Waals surface area (Å²) in [4.78, 5) is 24.5. The maximum atomic E-state index is 12.3. The van der Waals surface area contributed by atoms with Gasteiger partial charge in [0.15, 0.2) is 5.76 Å². The number of carbonyl (C=O) groups is 2. The second-order valence-corrected chi connectivity index (χ2v) is 5.58. The highest BCUT2D eigenvalue weighted by Crippen LogP contribution is 2.27. The van der Waals surface area contributed by atoms with Crippen LogP contribution in [0.2, 0.25) is 0 Å². The number of ether oxygens (including phenoxy) is 1. The molecule has 0 radical (unpaired) electrons. The first-order valence-corrected chi connectivity index (χ1v) is 8.23. The Bertz CT molecular complexity index is 948. The van der Waals surface area contributed by atoms with Crippen LogP contribution >= 0.6 is 0 Å². The summed E-state index contributed by atoms with van der Waals surface area (Å²) in [5, 5.41) is 5.47. The maximum absolute atomic E-state index is 12.3. The van der Waals surface area contributed by atoms with Crippen molar-refractivity contribution in [3.8, 4) is 5.75 Å². The summed E-state index contributed by atoms with van der Waals surface area (Å²) in [7, 11) is 1.53. The van der Waals surface area contributed by atoms with Gasteiger partial charge in [-0.25, -0.2) is 0 Å². The average molecular weight is 362 g/mol. The molecular weight excluding hydrogens is 344 g/mol. The van der Waals surface area contributed by atoms with E-state index in [0.29, 0.717) is 17.1 Å². The minimum Gasteiger partial charge on any atom is -0.497 e. The highest BCUT2D eigenvalue weighted by molar-refractivity contribution is 6.08. The number of nitrogens with one attached hydrogen (secondary N) is 2. The summed E-state index contributed by atoms with van der Waals surface area (Å²) >= 11 is 0. The van der Waals surface area contributed by atoms with E-state index in [-0.39, 0.29) is 11.7 Å². The molecule has 0 aliphatic carbocycles. The summed E-state index contributed by atoms with van der Waals surface area (Å²) < 4.78 is 10.3. The Hall–Kier alpha value is -3.80. The van der Waals surface area contributed by atoms with Gasteiger partial charge in [-0.3, -0.25) is 9.59 Å². The van der Waals surface area contributed by atoms with E-state index in [2.05, 4.69) is 10.6 Å². The van der Waals surface area contributed by atoms with E-state index in [0.717, 1.165) is 5.56 Å². The van der Waals surface area contributed by atoms with Crippen LogP contribution < -0.4 is 15.4 Å². The Morgan fingerprint density at radius 1 is 0.963 bits per heavy atom. The Kier molecular flexibility index (Phi) is 5.69. The molecular formula is C21H18N2O4. The van der Waals surface area contributed by atoms with Crippen molar-refractivity contribution in [1.82, 2.24) is 0 Å². The molecule has 0 saturated heterocycles. The summed E-state index contributed by atoms with van der Waals surface area (Å²) in [5.41, 5.74) is 1.75. The molecule has 1 heterocycles. The smallest absolute Gasteiger partial charge is 0.291 e. The number of anilines is 2. The van der Waals surface area contributed by atoms with Crippen LogP contribution in [0.4, 0.5) is 11.4 Å². The Morgan fingerprint density at radius 3 is 2.48 bits per heavy atom. The van der Waals surface area contributed by atoms with Gasteiger partial charge in [0.2, 0.25) is 5.91 Å². The molecule has 0 spiro atoms. The molecule has 0 aliphatic heterocycles. The third-order valence-corrected chi connectivity index (χ3v) is 3.70. The number of hydrogen-bond donors (Lipinski definition) is 2. The molecule has 0 aliphatic rings. The highest BCUT2D eigenvalue weighted by atomic mass is 16.5. The lowest BCUT2D eigenvalue weighted by molar-refractivity contribution is -0.111. The van der Waals surface area contributed by atoms with Crippen molar-refractivity contribution in [3.05, 3.63) is 84.3 Å². The van der Waals surface area contributed by atoms with Crippen LogP contribution in [0.1, 0.15) is 16.1 Å². The largest absolute Gasteiger partial charge is 0.497 e. The fourth-order valence-corrected chi connectivity index (χ4v) is 2.36. The lowest BCUT2D eigenvalue weighted by atomic mass is 10.2. The van der Waals surface area contributed by atoms with Crippen molar-refractivity contribution in [2.24, 2.45) is 0 Å². The molecule has 0 bridgehead atoms. The summed E-state index contributed by atoms with van der Waals surface area (Å²) in [5.74, 6) is -0.0264. The van der Waals surface area contributed by atoms with Crippen molar-refractivity contribution < 1.29 is 18.7 Å². The van der Waals surface area contributed by atoms with Gasteiger partial charge in [0.1, 0.15) is 5.75 Å². The lowest BCUT2D eigenvalue weighted by Gasteiger charge is -2.12. The zero-order chi connectivity index (χ0) is 19.1. The van der Waals surface area contributed by atoms with E-state index in [4.69, 9.17) is 9.15 Å². The highest BCUT2D eigenvalue weighted by Gasteiger charge is 2.13. The number of furan rings is 1. The van der Waals surface area contributed by atoms with Gasteiger partial charge in [-0.2, -0.15) is 0 Å². The van der Waals surface area contributed by atoms with Crippen LogP contribution in [0, 0.1) is 0 Å². The fraction of sp³-hybridized carbons (Fsp3) is 0.0476. The summed E-state index contributed by atoms with van der Waals surface area (Å²) in [6.07, 6.45) is 4.55. The Morgan fingerprint density at radius 2 is 1.78 bits per heavy atom. The van der Waals surface area contributed by atoms with Crippen LogP contribution in [0.3, 0.4) is 0 Å². The van der Waals surface area contributed by atoms with Gasteiger partial charge in [0.05, 0.1) is 24.7 Å². The molecule has 0 unspecified atom stereocenters. The number of methoxy groups -OCH3 is 1. The minimum absolute atomic E-state index is 0.173. The standard InChI is InChI=1S/C21H18N2O4/c1-26-16-10-11-17(23-21(25)19-8-5-13-27-19)18(14-16)22-20(24)12-9-15-6-3-2-4-7-15/h2-14H,1H3,(H,22,24)(H,23,25)/b12-9+. The first-order chi connectivity index (χ1) is 13.2. The first kappa shape index (κ1) is 18.0. The van der Waals surface area contributed by atoms with Crippen molar-refractivity contribution in [2.75, 3.05) is 17.7 Å². The fourth-order valence-electron chi connectivity index (χ4n) is 2.36. The molecule has 6 heteroatoms. The van der Waals surface area contributed by atoms with E-state index in [1.807, 2.05) is 30.3 Å². The maximum Gasteiger partial charge on any atom is 0.291 e. The quantitative estimate of drug-likeness (QED) is 0.644. The molecule has 136 valence electrons. The van der Waals surface area contributed by atoms with Crippen molar-refractivity contribution in [3.63, 3.8) is 0 Å². The molecule has 0 atom stereocenters. The van der Waals surface area contributed by atoms with Gasteiger partial charge in [-0.05, 0) is 35.9 Å². The molecule has 3 aromatic rings. The molecule has 0 fully saturated rings. The first-order valence-electron chi connectivity index (χ1n) is 8.23. The van der Waals surface area contributed by atoms with Gasteiger partial charge in [-0.15, -0.1) is 0 Å². The van der Waals surface area contributed by atoms with Gasteiger partial charge < -0.3 is 19.8 Å². The van der Waals surface area contributed by atoms with E-state index < -0.39 is 5.91 Å². The van der Waals surface area contributed by atoms with E-state index in [1.54, 1.807) is 36.4 Å². The van der Waals surface area contributed by atoms with E-state index in [1.165, 1.54) is 19.4 Å². The number of carbonyl (C=O) groups excluding carboxylic acids is 2. The van der Waals surface area contributed by atoms with Crippen LogP contribution in [-0.4, -0.2) is 18.9 Å². The Labute approximate surface area is 156 Å². The zero-order valence-electron chi connectivity index (χ0n) is 14.6. The topological polar surface area (TPSA) is 80.6 Å². The Balaban J connectivity index is 1.77. The van der Waals surface area contributed by atoms with E-state index in [9.17, 15) is 9.59 Å². The minimum atomic E-state index is -0.416. The van der Waals surface area contributed by atoms with Gasteiger partial charge in [0.25, 0.3) is 5.91 Å². The number of hydrogen-bond acceptors (Lipinski definition) is 4. The van der Waals surface area contributed by atoms with Gasteiger partial charge in [0, 0.05) is 12.1 Å². The predicted octanol–water partition coefficient (Wildman–Crippen LogP) is 4.19. The molecule has 2 aromatic carbocycles. The third kappa shape index (κ3) is 4.85. The molecule has 2 amide bonds. The monoisotopic (exact) mass is 362 g/mol. The van der Waals surface area contributed by atoms with Crippen LogP contribution in [0.5, 0.6) is 5.75 Å². The van der Waals surface area contributed by atoms with Crippen LogP contribution in [0.25, 0.3) is 6.08 Å². The zero-order valence-corrected chi connectivity index (χ0v) is 14.6. The molecule has 0 saturated carbocycles. The SMILES string of the molecule is COc1ccc(NC(=O)c2ccco2)c(NC(=O)/C=C/c2ccccc2)c1. The van der Waals surface area contributed by atoms with Crippen LogP contribution in [0.15, 0.2) is 77.4 Å². The second kappa shape index (κ2) is 8.53. The van der Waals surface area contributed by atoms with Crippen LogP contribution in [-0.2, 0) is 4.79 Å². The van der Waals surface area contributed by atoms with Crippen molar-refractivity contribution >= 4 is 29.3 Å². The van der Waals surface area contributed by atoms with E-state index >= 15 is 0 Å². The number of amides is 2. The predicted molar refractivity (Wildman–Crippen MR) is 104 cm³/mol. The molecule has 2 N–H and O–H groups in total. The molecule has 3 rings (SSSR count). The normalized spacial score (nSPS) is 10.6. The summed E-state index contributed by atoms with van der Waals surface area (Å²) in [6.45, 7) is 0. The van der Waals surface area contributed by atoms with Crippen molar-refractivity contribution in [1.29, 1.82) is 0 Å². The van der Waals surface area contributed by atoms with Crippen molar-refractivity contribution in [2.45, 2.75) is 0 Å². The summed E-state index contributed by atoms with van der Waals surface area (Å²) in [6, 6.07) is 17.6. The molecule has 1 aromatic heterocycles. The van der Waals surface area contributed by atoms with Gasteiger partial charge >= 0.3 is 0 Å².